The fourth-order valence-corrected chi connectivity index (χ4v) is 2.33. The Labute approximate surface area is 158 Å². The summed E-state index contributed by atoms with van der Waals surface area (Å²) in [4.78, 5) is 20.4. The second kappa shape index (κ2) is 10.0. The number of methoxy groups -OCH3 is 2. The summed E-state index contributed by atoms with van der Waals surface area (Å²) in [5.41, 5.74) is 7.62. The Morgan fingerprint density at radius 3 is 2.67 bits per heavy atom. The van der Waals surface area contributed by atoms with E-state index in [1.807, 2.05) is 37.3 Å². The molecule has 0 unspecified atom stereocenters. The number of ether oxygens (including phenoxy) is 2. The lowest BCUT2D eigenvalue weighted by atomic mass is 10.2. The lowest BCUT2D eigenvalue weighted by Crippen LogP contribution is -2.34. The number of aromatic nitrogens is 1. The average Bonchev–Trinajstić information content (AvgIpc) is 2.66. The molecule has 0 fully saturated rings. The maximum Gasteiger partial charge on any atom is 0.227 e. The van der Waals surface area contributed by atoms with Crippen LogP contribution in [0.2, 0.25) is 0 Å². The van der Waals surface area contributed by atoms with E-state index in [9.17, 15) is 4.79 Å². The Balaban J connectivity index is 1.78. The highest BCUT2D eigenvalue weighted by molar-refractivity contribution is 5.90. The van der Waals surface area contributed by atoms with E-state index >= 15 is 0 Å². The molecule has 2 aromatic rings. The van der Waals surface area contributed by atoms with Crippen LogP contribution in [-0.4, -0.2) is 37.6 Å². The van der Waals surface area contributed by atoms with E-state index < -0.39 is 0 Å². The summed E-state index contributed by atoms with van der Waals surface area (Å²) in [5, 5.41) is 5.66. The summed E-state index contributed by atoms with van der Waals surface area (Å²) in [6.45, 7) is 2.63. The molecule has 0 aliphatic rings. The molecule has 1 amide bonds. The first kappa shape index (κ1) is 20.0. The molecule has 4 N–H and O–H groups in total. The SMILES string of the molecule is COc1ccc(CN=C(N)NCCC(=O)Nc2cccc(C)n2)cc1OC. The van der Waals surface area contributed by atoms with Crippen molar-refractivity contribution in [2.75, 3.05) is 26.1 Å². The monoisotopic (exact) mass is 371 g/mol. The third-order valence-electron chi connectivity index (χ3n) is 3.69. The number of guanidine groups is 1. The highest BCUT2D eigenvalue weighted by Gasteiger charge is 2.05. The number of hydrogen-bond donors (Lipinski definition) is 3. The van der Waals surface area contributed by atoms with E-state index in [4.69, 9.17) is 15.2 Å². The number of nitrogens with zero attached hydrogens (tertiary/aromatic N) is 2. The number of pyridine rings is 1. The summed E-state index contributed by atoms with van der Waals surface area (Å²) in [6, 6.07) is 11.0. The van der Waals surface area contributed by atoms with Crippen LogP contribution in [0.25, 0.3) is 0 Å². The zero-order chi connectivity index (χ0) is 19.6. The number of nitrogens with one attached hydrogen (secondary N) is 2. The van der Waals surface area contributed by atoms with Crippen molar-refractivity contribution in [2.45, 2.75) is 19.9 Å². The molecule has 0 saturated heterocycles. The molecule has 0 bridgehead atoms. The standard InChI is InChI=1S/C19H25N5O3/c1-13-5-4-6-17(23-13)24-18(25)9-10-21-19(20)22-12-14-7-8-15(26-2)16(11-14)27-3/h4-8,11H,9-10,12H2,1-3H3,(H3,20,21,22)(H,23,24,25). The average molecular weight is 371 g/mol. The second-order valence-corrected chi connectivity index (χ2v) is 5.78. The van der Waals surface area contributed by atoms with Gasteiger partial charge in [0, 0.05) is 18.7 Å². The van der Waals surface area contributed by atoms with E-state index in [1.165, 1.54) is 0 Å². The highest BCUT2D eigenvalue weighted by atomic mass is 16.5. The zero-order valence-corrected chi connectivity index (χ0v) is 15.8. The zero-order valence-electron chi connectivity index (χ0n) is 15.8. The molecule has 1 aromatic heterocycles. The van der Waals surface area contributed by atoms with Crippen LogP contribution in [0, 0.1) is 6.92 Å². The van der Waals surface area contributed by atoms with Gasteiger partial charge in [0.25, 0.3) is 0 Å². The van der Waals surface area contributed by atoms with Gasteiger partial charge in [-0.25, -0.2) is 9.98 Å². The van der Waals surface area contributed by atoms with Crippen molar-refractivity contribution in [3.63, 3.8) is 0 Å². The summed E-state index contributed by atoms with van der Waals surface area (Å²) < 4.78 is 10.5. The number of carbonyl (C=O) groups excluding carboxylic acids is 1. The van der Waals surface area contributed by atoms with Crippen molar-refractivity contribution in [2.24, 2.45) is 10.7 Å². The number of carbonyl (C=O) groups is 1. The maximum atomic E-state index is 11.9. The molecule has 0 saturated carbocycles. The Hall–Kier alpha value is -3.29. The van der Waals surface area contributed by atoms with Gasteiger partial charge in [-0.15, -0.1) is 0 Å². The van der Waals surface area contributed by atoms with Gasteiger partial charge < -0.3 is 25.8 Å². The molecule has 144 valence electrons. The largest absolute Gasteiger partial charge is 0.493 e. The summed E-state index contributed by atoms with van der Waals surface area (Å²) in [5.74, 6) is 1.96. The first-order valence-corrected chi connectivity index (χ1v) is 8.50. The number of benzene rings is 1. The first-order chi connectivity index (χ1) is 13.0. The number of rotatable bonds is 8. The second-order valence-electron chi connectivity index (χ2n) is 5.78. The van der Waals surface area contributed by atoms with E-state index in [0.717, 1.165) is 11.3 Å². The van der Waals surface area contributed by atoms with Gasteiger partial charge in [0.05, 0.1) is 20.8 Å². The molecule has 1 aromatic carbocycles. The van der Waals surface area contributed by atoms with Crippen molar-refractivity contribution in [1.29, 1.82) is 0 Å². The predicted octanol–water partition coefficient (Wildman–Crippen LogP) is 1.84. The Kier molecular flexibility index (Phi) is 7.42. The fourth-order valence-electron chi connectivity index (χ4n) is 2.33. The van der Waals surface area contributed by atoms with E-state index in [1.54, 1.807) is 20.3 Å². The molecule has 0 aliphatic carbocycles. The summed E-state index contributed by atoms with van der Waals surface area (Å²) in [6.07, 6.45) is 0.252. The van der Waals surface area contributed by atoms with Crippen LogP contribution >= 0.6 is 0 Å². The van der Waals surface area contributed by atoms with Gasteiger partial charge in [-0.3, -0.25) is 4.79 Å². The molecule has 2 rings (SSSR count). The molecule has 0 radical (unpaired) electrons. The van der Waals surface area contributed by atoms with Gasteiger partial charge in [0.2, 0.25) is 5.91 Å². The van der Waals surface area contributed by atoms with Gasteiger partial charge in [0.15, 0.2) is 17.5 Å². The molecule has 1 heterocycles. The van der Waals surface area contributed by atoms with Gasteiger partial charge in [-0.1, -0.05) is 12.1 Å². The van der Waals surface area contributed by atoms with Gasteiger partial charge in [-0.05, 0) is 36.8 Å². The number of aliphatic imine (C=N–C) groups is 1. The quantitative estimate of drug-likeness (QED) is 0.482. The fraction of sp³-hybridized carbons (Fsp3) is 0.316. The van der Waals surface area contributed by atoms with Crippen LogP contribution in [0.5, 0.6) is 11.5 Å². The van der Waals surface area contributed by atoms with Gasteiger partial charge in [-0.2, -0.15) is 0 Å². The molecule has 27 heavy (non-hydrogen) atoms. The van der Waals surface area contributed by atoms with Crippen molar-refractivity contribution < 1.29 is 14.3 Å². The van der Waals surface area contributed by atoms with Crippen molar-refractivity contribution in [3.8, 4) is 11.5 Å². The van der Waals surface area contributed by atoms with Crippen molar-refractivity contribution >= 4 is 17.7 Å². The normalized spacial score (nSPS) is 11.0. The van der Waals surface area contributed by atoms with E-state index in [2.05, 4.69) is 20.6 Å². The minimum atomic E-state index is -0.145. The van der Waals surface area contributed by atoms with Crippen molar-refractivity contribution in [1.82, 2.24) is 10.3 Å². The van der Waals surface area contributed by atoms with E-state index in [-0.39, 0.29) is 18.3 Å². The molecule has 8 heteroatoms. The molecular weight excluding hydrogens is 346 g/mol. The predicted molar refractivity (Wildman–Crippen MR) is 105 cm³/mol. The summed E-state index contributed by atoms with van der Waals surface area (Å²) in [7, 11) is 3.17. The number of aryl methyl sites for hydroxylation is 1. The molecule has 8 nitrogen and oxygen atoms in total. The van der Waals surface area contributed by atoms with E-state index in [0.29, 0.717) is 30.4 Å². The maximum absolute atomic E-state index is 11.9. The third-order valence-corrected chi connectivity index (χ3v) is 3.69. The lowest BCUT2D eigenvalue weighted by Gasteiger charge is -2.09. The Bertz CT molecular complexity index is 808. The van der Waals surface area contributed by atoms with Gasteiger partial charge in [0.1, 0.15) is 5.82 Å². The lowest BCUT2D eigenvalue weighted by molar-refractivity contribution is -0.116. The Morgan fingerprint density at radius 2 is 1.96 bits per heavy atom. The molecule has 0 aliphatic heterocycles. The van der Waals surface area contributed by atoms with Crippen LogP contribution in [0.1, 0.15) is 17.7 Å². The van der Waals surface area contributed by atoms with Crippen LogP contribution in [-0.2, 0) is 11.3 Å². The van der Waals surface area contributed by atoms with Gasteiger partial charge >= 0.3 is 0 Å². The number of amides is 1. The number of hydrogen-bond acceptors (Lipinski definition) is 5. The number of nitrogens with two attached hydrogens (primary N) is 1. The highest BCUT2D eigenvalue weighted by Crippen LogP contribution is 2.27. The van der Waals surface area contributed by atoms with Crippen LogP contribution in [0.4, 0.5) is 5.82 Å². The molecular formula is C19H25N5O3. The van der Waals surface area contributed by atoms with Crippen LogP contribution in [0.3, 0.4) is 0 Å². The smallest absolute Gasteiger partial charge is 0.227 e. The molecule has 0 atom stereocenters. The summed E-state index contributed by atoms with van der Waals surface area (Å²) >= 11 is 0. The van der Waals surface area contributed by atoms with Crippen LogP contribution in [0.15, 0.2) is 41.4 Å². The molecule has 0 spiro atoms. The Morgan fingerprint density at radius 1 is 1.19 bits per heavy atom. The third kappa shape index (κ3) is 6.50. The number of anilines is 1. The van der Waals surface area contributed by atoms with Crippen LogP contribution < -0.4 is 25.8 Å². The minimum absolute atomic E-state index is 0.145. The van der Waals surface area contributed by atoms with Crippen molar-refractivity contribution in [3.05, 3.63) is 47.7 Å². The topological polar surface area (TPSA) is 111 Å². The first-order valence-electron chi connectivity index (χ1n) is 8.50. The minimum Gasteiger partial charge on any atom is -0.493 e.